The first-order valence-corrected chi connectivity index (χ1v) is 1.79. The molecule has 6 heteroatoms. The number of rotatable bonds is 0. The first kappa shape index (κ1) is 5.80. The van der Waals surface area contributed by atoms with E-state index < -0.39 is 12.4 Å². The number of nitrogens with zero attached hydrogens (tertiary/aromatic N) is 1. The molecule has 0 saturated carbocycles. The van der Waals surface area contributed by atoms with Gasteiger partial charge in [-0.1, -0.05) is 5.17 Å². The number of hydroxylamine groups is 1. The second-order valence-electron chi connectivity index (χ2n) is 1.36. The van der Waals surface area contributed by atoms with Gasteiger partial charge in [0.2, 0.25) is 0 Å². The van der Waals surface area contributed by atoms with E-state index in [9.17, 15) is 13.2 Å². The van der Waals surface area contributed by atoms with Gasteiger partial charge in [0.1, 0.15) is 0 Å². The van der Waals surface area contributed by atoms with Crippen molar-refractivity contribution in [3.63, 3.8) is 0 Å². The Kier molecular flexibility index (Phi) is 0.969. The van der Waals surface area contributed by atoms with E-state index in [1.54, 1.807) is 0 Å². The molecule has 1 heterocycles. The van der Waals surface area contributed by atoms with Gasteiger partial charge in [-0.3, -0.25) is 0 Å². The third-order valence-electron chi connectivity index (χ3n) is 0.687. The van der Waals surface area contributed by atoms with Crippen LogP contribution in [-0.4, -0.2) is 17.6 Å². The van der Waals surface area contributed by atoms with Crippen molar-refractivity contribution in [3.8, 4) is 0 Å². The molecule has 1 aliphatic heterocycles. The SMILES string of the molecule is NN1OC1C(F)(F)F. The fraction of sp³-hybridized carbons (Fsp3) is 1.00. The Labute approximate surface area is 42.7 Å². The van der Waals surface area contributed by atoms with Gasteiger partial charge in [-0.25, -0.2) is 10.7 Å². The van der Waals surface area contributed by atoms with Gasteiger partial charge in [0.25, 0.3) is 6.23 Å². The minimum Gasteiger partial charge on any atom is -0.249 e. The van der Waals surface area contributed by atoms with Crippen LogP contribution in [0.1, 0.15) is 0 Å². The fourth-order valence-electron chi connectivity index (χ4n) is 0.292. The van der Waals surface area contributed by atoms with Crippen LogP contribution < -0.4 is 5.84 Å². The van der Waals surface area contributed by atoms with E-state index in [1.165, 1.54) is 0 Å². The van der Waals surface area contributed by atoms with Crippen LogP contribution in [0.3, 0.4) is 0 Å². The van der Waals surface area contributed by atoms with Crippen molar-refractivity contribution in [1.82, 2.24) is 5.17 Å². The minimum absolute atomic E-state index is 0.250. The van der Waals surface area contributed by atoms with E-state index >= 15 is 0 Å². The van der Waals surface area contributed by atoms with Crippen molar-refractivity contribution >= 4 is 0 Å². The summed E-state index contributed by atoms with van der Waals surface area (Å²) >= 11 is 0. The van der Waals surface area contributed by atoms with Gasteiger partial charge in [0.05, 0.1) is 0 Å². The smallest absolute Gasteiger partial charge is 0.249 e. The zero-order valence-corrected chi connectivity index (χ0v) is 3.64. The molecule has 0 aliphatic carbocycles. The van der Waals surface area contributed by atoms with E-state index in [0.717, 1.165) is 0 Å². The molecule has 1 saturated heterocycles. The number of hydrogen-bond acceptors (Lipinski definition) is 3. The molecule has 0 aromatic rings. The molecule has 0 amide bonds. The molecule has 0 aromatic heterocycles. The Morgan fingerprint density at radius 2 is 1.88 bits per heavy atom. The molecule has 2 unspecified atom stereocenters. The lowest BCUT2D eigenvalue weighted by atomic mass is 10.6. The zero-order valence-electron chi connectivity index (χ0n) is 3.64. The summed E-state index contributed by atoms with van der Waals surface area (Å²) in [6.07, 6.45) is -6.21. The number of hydrogen-bond donors (Lipinski definition) is 1. The van der Waals surface area contributed by atoms with Crippen molar-refractivity contribution < 1.29 is 18.0 Å². The average molecular weight is 128 g/mol. The van der Waals surface area contributed by atoms with Crippen molar-refractivity contribution in [2.45, 2.75) is 12.4 Å². The maximum absolute atomic E-state index is 11.2. The predicted octanol–water partition coefficient (Wildman–Crippen LogP) is -0.00430. The summed E-state index contributed by atoms with van der Waals surface area (Å²) in [5, 5.41) is 0.250. The van der Waals surface area contributed by atoms with Crippen LogP contribution in [0.2, 0.25) is 0 Å². The molecule has 0 radical (unpaired) electrons. The van der Waals surface area contributed by atoms with Crippen LogP contribution in [0.15, 0.2) is 0 Å². The van der Waals surface area contributed by atoms with Crippen LogP contribution in [0.5, 0.6) is 0 Å². The Morgan fingerprint density at radius 3 is 1.88 bits per heavy atom. The van der Waals surface area contributed by atoms with Crippen molar-refractivity contribution in [1.29, 1.82) is 0 Å². The lowest BCUT2D eigenvalue weighted by Gasteiger charge is -1.96. The molecule has 2 N–H and O–H groups in total. The lowest BCUT2D eigenvalue weighted by molar-refractivity contribution is -0.148. The highest BCUT2D eigenvalue weighted by molar-refractivity contribution is 4.68. The predicted molar refractivity (Wildman–Crippen MR) is 17.0 cm³/mol. The third-order valence-corrected chi connectivity index (χ3v) is 0.687. The Bertz CT molecular complexity index is 102. The van der Waals surface area contributed by atoms with E-state index in [0.29, 0.717) is 0 Å². The summed E-state index contributed by atoms with van der Waals surface area (Å²) in [5.74, 6) is 4.54. The van der Waals surface area contributed by atoms with Gasteiger partial charge in [-0.2, -0.15) is 13.2 Å². The maximum Gasteiger partial charge on any atom is 0.433 e. The number of nitrogens with two attached hydrogens (primary N) is 1. The summed E-state index contributed by atoms with van der Waals surface area (Å²) in [5.41, 5.74) is 0. The summed E-state index contributed by atoms with van der Waals surface area (Å²) in [6, 6.07) is 0. The average Bonchev–Trinajstić information content (AvgIpc) is 2.13. The summed E-state index contributed by atoms with van der Waals surface area (Å²) < 4.78 is 33.7. The summed E-state index contributed by atoms with van der Waals surface area (Å²) in [4.78, 5) is 3.77. The molecule has 2 atom stereocenters. The molecule has 3 nitrogen and oxygen atoms in total. The van der Waals surface area contributed by atoms with Gasteiger partial charge in [-0.15, -0.1) is 0 Å². The lowest BCUT2D eigenvalue weighted by Crippen LogP contribution is -2.23. The molecule has 48 valence electrons. The highest BCUT2D eigenvalue weighted by Crippen LogP contribution is 2.32. The highest BCUT2D eigenvalue weighted by atomic mass is 19.4. The van der Waals surface area contributed by atoms with Crippen molar-refractivity contribution in [2.75, 3.05) is 0 Å². The normalized spacial score (nSPS) is 37.5. The number of halogens is 3. The van der Waals surface area contributed by atoms with Crippen LogP contribution in [0, 0.1) is 0 Å². The second kappa shape index (κ2) is 1.34. The summed E-state index contributed by atoms with van der Waals surface area (Å²) in [6.45, 7) is 0. The molecular formula is C2H3F3N2O. The molecule has 1 rings (SSSR count). The maximum atomic E-state index is 11.2. The van der Waals surface area contributed by atoms with Crippen LogP contribution in [0.25, 0.3) is 0 Å². The van der Waals surface area contributed by atoms with E-state index in [2.05, 4.69) is 10.7 Å². The fourth-order valence-corrected chi connectivity index (χ4v) is 0.292. The number of hydrazine groups is 1. The second-order valence-corrected chi connectivity index (χ2v) is 1.36. The van der Waals surface area contributed by atoms with Crippen LogP contribution in [0.4, 0.5) is 13.2 Å². The van der Waals surface area contributed by atoms with Gasteiger partial charge in [-0.05, 0) is 0 Å². The topological polar surface area (TPSA) is 41.6 Å². The largest absolute Gasteiger partial charge is 0.433 e. The van der Waals surface area contributed by atoms with Gasteiger partial charge < -0.3 is 0 Å². The Hall–Kier alpha value is -0.330. The van der Waals surface area contributed by atoms with Crippen LogP contribution in [-0.2, 0) is 4.84 Å². The highest BCUT2D eigenvalue weighted by Gasteiger charge is 2.56. The number of alkyl halides is 3. The van der Waals surface area contributed by atoms with Gasteiger partial charge >= 0.3 is 6.18 Å². The van der Waals surface area contributed by atoms with Gasteiger partial charge in [0, 0.05) is 0 Å². The Balaban J connectivity index is 2.39. The molecule has 0 spiro atoms. The molecule has 8 heavy (non-hydrogen) atoms. The van der Waals surface area contributed by atoms with E-state index in [1.807, 2.05) is 0 Å². The molecule has 0 aromatic carbocycles. The third kappa shape index (κ3) is 0.908. The van der Waals surface area contributed by atoms with Gasteiger partial charge in [0.15, 0.2) is 0 Å². The van der Waals surface area contributed by atoms with Crippen molar-refractivity contribution in [3.05, 3.63) is 0 Å². The van der Waals surface area contributed by atoms with Crippen LogP contribution >= 0.6 is 0 Å². The Morgan fingerprint density at radius 1 is 1.50 bits per heavy atom. The molecule has 1 fully saturated rings. The molecule has 0 bridgehead atoms. The monoisotopic (exact) mass is 128 g/mol. The summed E-state index contributed by atoms with van der Waals surface area (Å²) in [7, 11) is 0. The standard InChI is InChI=1S/C2H3F3N2O/c3-2(4,5)1-7(6)8-1/h1H,6H2. The minimum atomic E-state index is -4.34. The molecule has 1 aliphatic rings. The van der Waals surface area contributed by atoms with E-state index in [4.69, 9.17) is 0 Å². The first-order valence-electron chi connectivity index (χ1n) is 1.79. The quantitative estimate of drug-likeness (QED) is 0.368. The van der Waals surface area contributed by atoms with E-state index in [-0.39, 0.29) is 5.17 Å². The zero-order chi connectivity index (χ0) is 6.36. The first-order chi connectivity index (χ1) is 3.52. The molecular weight excluding hydrogens is 125 g/mol. The van der Waals surface area contributed by atoms with Crippen molar-refractivity contribution in [2.24, 2.45) is 5.84 Å².